The minimum Gasteiger partial charge on any atom is -0.347 e. The molecule has 0 fully saturated rings. The molecule has 0 saturated carbocycles. The number of benzene rings is 2. The first-order valence-corrected chi connectivity index (χ1v) is 8.05. The highest BCUT2D eigenvalue weighted by Gasteiger charge is 2.17. The van der Waals surface area contributed by atoms with E-state index in [1.807, 2.05) is 48.5 Å². The number of fused-ring (bicyclic) bond motifs is 1. The SMILES string of the molecule is O=c1[nH]cnc2c1NC(c1ccc(Cl)cc1)=CC(c1ccccc1)=N2. The fraction of sp³-hybridized carbons (Fsp3) is 0. The van der Waals surface area contributed by atoms with Crippen molar-refractivity contribution in [1.29, 1.82) is 0 Å². The van der Waals surface area contributed by atoms with Crippen molar-refractivity contribution in [3.8, 4) is 0 Å². The molecule has 5 nitrogen and oxygen atoms in total. The zero-order valence-corrected chi connectivity index (χ0v) is 13.8. The van der Waals surface area contributed by atoms with Gasteiger partial charge < -0.3 is 10.3 Å². The van der Waals surface area contributed by atoms with E-state index in [-0.39, 0.29) is 5.56 Å². The van der Waals surface area contributed by atoms with E-state index >= 15 is 0 Å². The summed E-state index contributed by atoms with van der Waals surface area (Å²) in [7, 11) is 0. The molecule has 0 unspecified atom stereocenters. The Bertz CT molecular complexity index is 1040. The first-order chi connectivity index (χ1) is 12.2. The van der Waals surface area contributed by atoms with Crippen LogP contribution in [0.5, 0.6) is 0 Å². The summed E-state index contributed by atoms with van der Waals surface area (Å²) in [5.74, 6) is 0.350. The summed E-state index contributed by atoms with van der Waals surface area (Å²) >= 11 is 5.99. The lowest BCUT2D eigenvalue weighted by Gasteiger charge is -2.10. The smallest absolute Gasteiger partial charge is 0.276 e. The second-order valence-corrected chi connectivity index (χ2v) is 5.92. The van der Waals surface area contributed by atoms with Gasteiger partial charge in [0.2, 0.25) is 0 Å². The van der Waals surface area contributed by atoms with Gasteiger partial charge in [0.25, 0.3) is 5.56 Å². The van der Waals surface area contributed by atoms with E-state index < -0.39 is 0 Å². The first-order valence-electron chi connectivity index (χ1n) is 7.67. The summed E-state index contributed by atoms with van der Waals surface area (Å²) in [5, 5.41) is 3.81. The van der Waals surface area contributed by atoms with Gasteiger partial charge in [-0.2, -0.15) is 0 Å². The van der Waals surface area contributed by atoms with E-state index in [1.54, 1.807) is 12.1 Å². The van der Waals surface area contributed by atoms with Crippen molar-refractivity contribution in [2.24, 2.45) is 4.99 Å². The van der Waals surface area contributed by atoms with Crippen LogP contribution in [0, 0.1) is 0 Å². The molecule has 0 atom stereocenters. The highest BCUT2D eigenvalue weighted by atomic mass is 35.5. The molecule has 6 heteroatoms. The predicted octanol–water partition coefficient (Wildman–Crippen LogP) is 4.01. The molecule has 1 aliphatic rings. The number of aliphatic imine (C=N–C) groups is 1. The van der Waals surface area contributed by atoms with Crippen LogP contribution in [0.1, 0.15) is 11.1 Å². The molecule has 0 radical (unpaired) electrons. The van der Waals surface area contributed by atoms with Gasteiger partial charge in [-0.1, -0.05) is 54.1 Å². The van der Waals surface area contributed by atoms with Crippen molar-refractivity contribution in [3.05, 3.63) is 93.5 Å². The van der Waals surface area contributed by atoms with Crippen LogP contribution in [0.15, 0.2) is 76.8 Å². The van der Waals surface area contributed by atoms with E-state index in [0.29, 0.717) is 16.5 Å². The molecule has 0 saturated heterocycles. The van der Waals surface area contributed by atoms with E-state index in [2.05, 4.69) is 20.3 Å². The molecular formula is C19H13ClN4O. The largest absolute Gasteiger partial charge is 0.347 e. The third-order valence-corrected chi connectivity index (χ3v) is 4.08. The molecule has 0 bridgehead atoms. The van der Waals surface area contributed by atoms with Crippen LogP contribution in [0.25, 0.3) is 5.70 Å². The quantitative estimate of drug-likeness (QED) is 0.735. The minimum absolute atomic E-state index is 0.275. The van der Waals surface area contributed by atoms with Crippen molar-refractivity contribution >= 4 is 34.5 Å². The maximum absolute atomic E-state index is 12.2. The van der Waals surface area contributed by atoms with Crippen molar-refractivity contribution in [3.63, 3.8) is 0 Å². The molecule has 122 valence electrons. The Kier molecular flexibility index (Phi) is 3.91. The third kappa shape index (κ3) is 3.09. The lowest BCUT2D eigenvalue weighted by atomic mass is 10.1. The molecule has 3 aromatic rings. The molecule has 0 spiro atoms. The Labute approximate surface area is 148 Å². The van der Waals surface area contributed by atoms with Crippen LogP contribution >= 0.6 is 11.6 Å². The number of hydrogen-bond donors (Lipinski definition) is 2. The third-order valence-electron chi connectivity index (χ3n) is 3.83. The van der Waals surface area contributed by atoms with Crippen molar-refractivity contribution in [2.45, 2.75) is 0 Å². The van der Waals surface area contributed by atoms with Gasteiger partial charge in [0.15, 0.2) is 11.5 Å². The Morgan fingerprint density at radius 2 is 1.68 bits per heavy atom. The molecule has 0 amide bonds. The van der Waals surface area contributed by atoms with Gasteiger partial charge in [0.05, 0.1) is 12.0 Å². The number of nitrogens with zero attached hydrogens (tertiary/aromatic N) is 2. The van der Waals surface area contributed by atoms with Crippen LogP contribution in [0.4, 0.5) is 11.5 Å². The van der Waals surface area contributed by atoms with E-state index in [1.165, 1.54) is 6.33 Å². The van der Waals surface area contributed by atoms with Gasteiger partial charge in [-0.25, -0.2) is 9.98 Å². The Balaban J connectivity index is 1.92. The molecule has 1 aromatic heterocycles. The average Bonchev–Trinajstić information content (AvgIpc) is 2.84. The molecule has 2 N–H and O–H groups in total. The van der Waals surface area contributed by atoms with Crippen LogP contribution in [-0.4, -0.2) is 15.7 Å². The van der Waals surface area contributed by atoms with Gasteiger partial charge in [-0.15, -0.1) is 0 Å². The van der Waals surface area contributed by atoms with Gasteiger partial charge in [0, 0.05) is 16.3 Å². The molecule has 2 aromatic carbocycles. The lowest BCUT2D eigenvalue weighted by molar-refractivity contribution is 1.11. The summed E-state index contributed by atoms with van der Waals surface area (Å²) in [6.07, 6.45) is 3.25. The number of H-pyrrole nitrogens is 1. The average molecular weight is 349 g/mol. The topological polar surface area (TPSA) is 70.1 Å². The van der Waals surface area contributed by atoms with E-state index in [4.69, 9.17) is 11.6 Å². The molecule has 1 aliphatic heterocycles. The monoisotopic (exact) mass is 348 g/mol. The zero-order valence-electron chi connectivity index (χ0n) is 13.0. The van der Waals surface area contributed by atoms with Crippen LogP contribution in [-0.2, 0) is 0 Å². The van der Waals surface area contributed by atoms with Gasteiger partial charge in [-0.05, 0) is 23.8 Å². The van der Waals surface area contributed by atoms with Gasteiger partial charge in [-0.3, -0.25) is 4.79 Å². The number of anilines is 1. The summed E-state index contributed by atoms with van der Waals surface area (Å²) in [5.41, 5.74) is 3.33. The maximum Gasteiger partial charge on any atom is 0.276 e. The Hall–Kier alpha value is -3.18. The minimum atomic E-state index is -0.275. The highest BCUT2D eigenvalue weighted by molar-refractivity contribution is 6.30. The second kappa shape index (κ2) is 6.37. The van der Waals surface area contributed by atoms with Crippen molar-refractivity contribution < 1.29 is 0 Å². The fourth-order valence-electron chi connectivity index (χ4n) is 2.58. The molecular weight excluding hydrogens is 336 g/mol. The van der Waals surface area contributed by atoms with Gasteiger partial charge in [0.1, 0.15) is 0 Å². The molecule has 2 heterocycles. The standard InChI is InChI=1S/C19H13ClN4O/c20-14-8-6-13(7-9-14)15-10-16(12-4-2-1-3-5-12)24-18-17(23-15)19(25)22-11-21-18/h1-11,23H,(H,21,22,25). The lowest BCUT2D eigenvalue weighted by Crippen LogP contribution is -2.13. The number of allylic oxidation sites excluding steroid dienone is 1. The van der Waals surface area contributed by atoms with E-state index in [9.17, 15) is 4.79 Å². The number of hydrogen-bond acceptors (Lipinski definition) is 4. The zero-order chi connectivity index (χ0) is 17.2. The number of halogens is 1. The number of aromatic nitrogens is 2. The van der Waals surface area contributed by atoms with Crippen molar-refractivity contribution in [2.75, 3.05) is 5.32 Å². The summed E-state index contributed by atoms with van der Waals surface area (Å²) in [4.78, 5) is 23.6. The predicted molar refractivity (Wildman–Crippen MR) is 101 cm³/mol. The normalized spacial score (nSPS) is 13.2. The number of nitrogens with one attached hydrogen (secondary N) is 2. The summed E-state index contributed by atoms with van der Waals surface area (Å²) in [6, 6.07) is 17.1. The van der Waals surface area contributed by atoms with Crippen LogP contribution < -0.4 is 10.9 Å². The fourth-order valence-corrected chi connectivity index (χ4v) is 2.71. The first kappa shape index (κ1) is 15.4. The number of aromatic amines is 1. The highest BCUT2D eigenvalue weighted by Crippen LogP contribution is 2.28. The summed E-state index contributed by atoms with van der Waals surface area (Å²) < 4.78 is 0. The van der Waals surface area contributed by atoms with Crippen LogP contribution in [0.3, 0.4) is 0 Å². The molecule has 25 heavy (non-hydrogen) atoms. The maximum atomic E-state index is 12.2. The summed E-state index contributed by atoms with van der Waals surface area (Å²) in [6.45, 7) is 0. The van der Waals surface area contributed by atoms with E-state index in [0.717, 1.165) is 22.5 Å². The Morgan fingerprint density at radius 3 is 2.44 bits per heavy atom. The Morgan fingerprint density at radius 1 is 0.920 bits per heavy atom. The van der Waals surface area contributed by atoms with Gasteiger partial charge >= 0.3 is 0 Å². The second-order valence-electron chi connectivity index (χ2n) is 5.48. The van der Waals surface area contributed by atoms with Crippen molar-refractivity contribution in [1.82, 2.24) is 9.97 Å². The van der Waals surface area contributed by atoms with Crippen LogP contribution in [0.2, 0.25) is 5.02 Å². The molecule has 4 rings (SSSR count). The molecule has 0 aliphatic carbocycles. The number of rotatable bonds is 2.